The summed E-state index contributed by atoms with van der Waals surface area (Å²) in [6.07, 6.45) is 3.71. The van der Waals surface area contributed by atoms with Crippen molar-refractivity contribution in [2.45, 2.75) is 25.4 Å². The summed E-state index contributed by atoms with van der Waals surface area (Å²) in [4.78, 5) is 30.4. The van der Waals surface area contributed by atoms with Gasteiger partial charge in [-0.2, -0.15) is 0 Å². The summed E-state index contributed by atoms with van der Waals surface area (Å²) < 4.78 is 16.3. The number of hydrogen-bond acceptors (Lipinski definition) is 5. The number of aromatic carboxylic acids is 1. The summed E-state index contributed by atoms with van der Waals surface area (Å²) in [5.41, 5.74) is -0.654. The first-order chi connectivity index (χ1) is 13.2. The third-order valence-corrected chi connectivity index (χ3v) is 5.50. The van der Waals surface area contributed by atoms with E-state index in [1.165, 1.54) is 23.0 Å². The molecule has 146 valence electrons. The Hall–Kier alpha value is -3.00. The van der Waals surface area contributed by atoms with Gasteiger partial charge in [0.2, 0.25) is 5.43 Å². The van der Waals surface area contributed by atoms with Crippen molar-refractivity contribution < 1.29 is 19.4 Å². The Morgan fingerprint density at radius 3 is 2.61 bits per heavy atom. The number of aromatic nitrogens is 2. The highest BCUT2D eigenvalue weighted by atomic mass is 19.1. The second-order valence-corrected chi connectivity index (χ2v) is 7.61. The van der Waals surface area contributed by atoms with Crippen LogP contribution >= 0.6 is 0 Å². The summed E-state index contributed by atoms with van der Waals surface area (Å²) >= 11 is 0. The van der Waals surface area contributed by atoms with Gasteiger partial charge < -0.3 is 19.7 Å². The predicted octanol–water partition coefficient (Wildman–Crippen LogP) is 2.28. The average molecular weight is 385 g/mol. The van der Waals surface area contributed by atoms with E-state index < -0.39 is 22.8 Å². The number of anilines is 1. The summed E-state index contributed by atoms with van der Waals surface area (Å²) in [6.45, 7) is 2.72. The molecule has 0 atom stereocenters. The molecule has 0 saturated carbocycles. The molecule has 0 amide bonds. The number of rotatable bonds is 2. The Morgan fingerprint density at radius 2 is 1.96 bits per heavy atom. The van der Waals surface area contributed by atoms with E-state index in [-0.39, 0.29) is 16.5 Å². The topological polar surface area (TPSA) is 95.7 Å². The zero-order valence-corrected chi connectivity index (χ0v) is 15.6. The molecule has 1 aromatic carbocycles. The lowest BCUT2D eigenvalue weighted by Gasteiger charge is -2.37. The zero-order chi connectivity index (χ0) is 20.2. The van der Waals surface area contributed by atoms with Crippen LogP contribution in [0.4, 0.5) is 10.1 Å². The van der Waals surface area contributed by atoms with Crippen LogP contribution in [0.25, 0.3) is 21.8 Å². The van der Waals surface area contributed by atoms with E-state index >= 15 is 0 Å². The molecular formula is C20H20FN3O4. The number of benzene rings is 1. The van der Waals surface area contributed by atoms with Crippen LogP contribution in [0.2, 0.25) is 0 Å². The first-order valence-electron chi connectivity index (χ1n) is 9.00. The van der Waals surface area contributed by atoms with Gasteiger partial charge in [0.15, 0.2) is 0 Å². The lowest BCUT2D eigenvalue weighted by molar-refractivity contribution is 0.0350. The Balaban J connectivity index is 1.98. The van der Waals surface area contributed by atoms with E-state index in [1.54, 1.807) is 20.0 Å². The molecule has 3 heterocycles. The number of pyridine rings is 2. The molecule has 0 unspecified atom stereocenters. The zero-order valence-electron chi connectivity index (χ0n) is 15.6. The van der Waals surface area contributed by atoms with Crippen LogP contribution in [0.3, 0.4) is 0 Å². The van der Waals surface area contributed by atoms with Gasteiger partial charge in [0.25, 0.3) is 0 Å². The van der Waals surface area contributed by atoms with Crippen LogP contribution in [0.15, 0.2) is 29.3 Å². The molecule has 1 fully saturated rings. The fourth-order valence-corrected chi connectivity index (χ4v) is 3.78. The van der Waals surface area contributed by atoms with Gasteiger partial charge in [0, 0.05) is 37.8 Å². The number of carbonyl (C=O) groups is 1. The van der Waals surface area contributed by atoms with Crippen molar-refractivity contribution in [1.82, 2.24) is 9.55 Å². The summed E-state index contributed by atoms with van der Waals surface area (Å²) in [7, 11) is 1.64. The van der Waals surface area contributed by atoms with Crippen LogP contribution in [0.1, 0.15) is 30.1 Å². The number of carboxylic acids is 1. The number of halogens is 1. The molecule has 2 aromatic heterocycles. The van der Waals surface area contributed by atoms with Gasteiger partial charge in [0.05, 0.1) is 33.9 Å². The van der Waals surface area contributed by atoms with Crippen LogP contribution in [0, 0.1) is 5.82 Å². The molecular weight excluding hydrogens is 365 g/mol. The molecule has 0 radical (unpaired) electrons. The first kappa shape index (κ1) is 18.4. The van der Waals surface area contributed by atoms with Crippen LogP contribution in [-0.4, -0.2) is 44.4 Å². The second-order valence-electron chi connectivity index (χ2n) is 7.61. The van der Waals surface area contributed by atoms with Crippen molar-refractivity contribution in [3.05, 3.63) is 46.1 Å². The highest BCUT2D eigenvalue weighted by Gasteiger charge is 2.29. The number of aliphatic hydroxyl groups is 1. The van der Waals surface area contributed by atoms with Gasteiger partial charge in [-0.3, -0.25) is 9.78 Å². The molecule has 3 aromatic rings. The average Bonchev–Trinajstić information content (AvgIpc) is 2.63. The lowest BCUT2D eigenvalue weighted by atomic mass is 9.93. The van der Waals surface area contributed by atoms with E-state index in [9.17, 15) is 24.2 Å². The maximum atomic E-state index is 14.8. The number of fused-ring (bicyclic) bond motifs is 3. The van der Waals surface area contributed by atoms with Crippen molar-refractivity contribution in [2.75, 3.05) is 18.0 Å². The molecule has 4 rings (SSSR count). The quantitative estimate of drug-likeness (QED) is 0.657. The highest BCUT2D eigenvalue weighted by molar-refractivity contribution is 6.07. The lowest BCUT2D eigenvalue weighted by Crippen LogP contribution is -2.42. The normalized spacial score (nSPS) is 16.6. The molecule has 0 aliphatic carbocycles. The van der Waals surface area contributed by atoms with Gasteiger partial charge in [-0.1, -0.05) is 0 Å². The number of hydrogen-bond donors (Lipinski definition) is 2. The molecule has 1 aliphatic heterocycles. The van der Waals surface area contributed by atoms with Crippen molar-refractivity contribution in [3.8, 4) is 0 Å². The largest absolute Gasteiger partial charge is 0.477 e. The second kappa shape index (κ2) is 6.27. The fraction of sp³-hybridized carbons (Fsp3) is 0.350. The third kappa shape index (κ3) is 2.90. The molecule has 1 saturated heterocycles. The molecule has 2 N–H and O–H groups in total. The minimum atomic E-state index is -1.31. The van der Waals surface area contributed by atoms with E-state index in [1.807, 2.05) is 4.90 Å². The maximum absolute atomic E-state index is 14.8. The molecule has 1 aliphatic rings. The van der Waals surface area contributed by atoms with Crippen LogP contribution in [0.5, 0.6) is 0 Å². The maximum Gasteiger partial charge on any atom is 0.341 e. The Kier molecular flexibility index (Phi) is 4.11. The third-order valence-electron chi connectivity index (χ3n) is 5.50. The van der Waals surface area contributed by atoms with E-state index in [4.69, 9.17) is 0 Å². The SMILES string of the molecule is Cn1cc(C(=O)O)c(=O)c2c3cc(N4CCC(C)(O)CC4)c(F)cc3ncc21. The van der Waals surface area contributed by atoms with Crippen LogP contribution in [-0.2, 0) is 7.05 Å². The van der Waals surface area contributed by atoms with Gasteiger partial charge in [0.1, 0.15) is 11.4 Å². The first-order valence-corrected chi connectivity index (χ1v) is 9.00. The molecule has 8 heteroatoms. The monoisotopic (exact) mass is 385 g/mol. The minimum Gasteiger partial charge on any atom is -0.477 e. The summed E-state index contributed by atoms with van der Waals surface area (Å²) in [5, 5.41) is 20.1. The minimum absolute atomic E-state index is 0.206. The Morgan fingerprint density at radius 1 is 1.29 bits per heavy atom. The standard InChI is InChI=1S/C20H20FN3O4/c1-20(28)3-5-24(6-4-20)15-7-11-14(8-13(15)21)22-9-16-17(11)18(25)12(19(26)27)10-23(16)2/h7-10,28H,3-6H2,1-2H3,(H,26,27). The van der Waals surface area contributed by atoms with E-state index in [2.05, 4.69) is 4.98 Å². The number of piperidine rings is 1. The Labute approximate surface area is 159 Å². The smallest absolute Gasteiger partial charge is 0.341 e. The van der Waals surface area contributed by atoms with E-state index in [0.29, 0.717) is 42.5 Å². The number of nitrogens with zero attached hydrogens (tertiary/aromatic N) is 3. The van der Waals surface area contributed by atoms with Crippen molar-refractivity contribution >= 4 is 33.5 Å². The molecule has 0 spiro atoms. The van der Waals surface area contributed by atoms with Gasteiger partial charge in [-0.05, 0) is 25.8 Å². The molecule has 0 bridgehead atoms. The predicted molar refractivity (Wildman–Crippen MR) is 103 cm³/mol. The summed E-state index contributed by atoms with van der Waals surface area (Å²) in [5.74, 6) is -1.78. The Bertz CT molecular complexity index is 1180. The van der Waals surface area contributed by atoms with Gasteiger partial charge in [-0.15, -0.1) is 0 Å². The van der Waals surface area contributed by atoms with Gasteiger partial charge >= 0.3 is 5.97 Å². The van der Waals surface area contributed by atoms with Gasteiger partial charge in [-0.25, -0.2) is 9.18 Å². The number of aryl methyl sites for hydroxylation is 1. The van der Waals surface area contributed by atoms with Crippen molar-refractivity contribution in [1.29, 1.82) is 0 Å². The van der Waals surface area contributed by atoms with Crippen molar-refractivity contribution in [3.63, 3.8) is 0 Å². The fourth-order valence-electron chi connectivity index (χ4n) is 3.78. The summed E-state index contributed by atoms with van der Waals surface area (Å²) in [6, 6.07) is 2.83. The molecule has 28 heavy (non-hydrogen) atoms. The van der Waals surface area contributed by atoms with Crippen molar-refractivity contribution in [2.24, 2.45) is 7.05 Å². The highest BCUT2D eigenvalue weighted by Crippen LogP contribution is 2.32. The number of carboxylic acid groups (broad SMARTS) is 1. The van der Waals surface area contributed by atoms with E-state index in [0.717, 1.165) is 0 Å². The van der Waals surface area contributed by atoms with Crippen LogP contribution < -0.4 is 10.3 Å². The molecule has 7 nitrogen and oxygen atoms in total.